The highest BCUT2D eigenvalue weighted by Gasteiger charge is 2.34. The van der Waals surface area contributed by atoms with E-state index in [1.54, 1.807) is 50.2 Å². The quantitative estimate of drug-likeness (QED) is 0.221. The molecule has 0 atom stereocenters. The van der Waals surface area contributed by atoms with Crippen LogP contribution in [0.15, 0.2) is 91.0 Å². The van der Waals surface area contributed by atoms with Gasteiger partial charge in [0, 0.05) is 5.39 Å². The molecule has 0 N–H and O–H groups in total. The zero-order valence-electron chi connectivity index (χ0n) is 18.4. The molecular weight excluding hydrogens is 445 g/mol. The van der Waals surface area contributed by atoms with E-state index in [2.05, 4.69) is 4.74 Å². The summed E-state index contributed by atoms with van der Waals surface area (Å²) in [5.41, 5.74) is -0.263. The summed E-state index contributed by atoms with van der Waals surface area (Å²) in [6.45, 7) is 3.42. The summed E-state index contributed by atoms with van der Waals surface area (Å²) in [4.78, 5) is 12.9. The van der Waals surface area contributed by atoms with Crippen molar-refractivity contribution in [2.45, 2.75) is 25.8 Å². The molecule has 4 aromatic rings. The van der Waals surface area contributed by atoms with E-state index in [0.717, 1.165) is 22.4 Å². The Hall–Kier alpha value is -4.00. The van der Waals surface area contributed by atoms with E-state index in [4.69, 9.17) is 9.47 Å². The number of hydrogen-bond donors (Lipinski definition) is 0. The van der Waals surface area contributed by atoms with E-state index in [1.165, 1.54) is 12.1 Å². The maximum Gasteiger partial charge on any atom is 0.573 e. The van der Waals surface area contributed by atoms with Gasteiger partial charge in [0.05, 0.1) is 5.56 Å². The Morgan fingerprint density at radius 1 is 0.706 bits per heavy atom. The Bertz CT molecular complexity index is 1310. The lowest BCUT2D eigenvalue weighted by atomic mass is 9.98. The Morgan fingerprint density at radius 2 is 1.38 bits per heavy atom. The van der Waals surface area contributed by atoms with Crippen LogP contribution in [0.4, 0.5) is 13.2 Å². The maximum absolute atomic E-state index is 13.0. The van der Waals surface area contributed by atoms with Gasteiger partial charge in [-0.15, -0.1) is 13.2 Å². The van der Waals surface area contributed by atoms with Gasteiger partial charge in [0.1, 0.15) is 11.4 Å². The van der Waals surface area contributed by atoms with E-state index in [-0.39, 0.29) is 11.3 Å². The third-order valence-electron chi connectivity index (χ3n) is 5.19. The van der Waals surface area contributed by atoms with Crippen LogP contribution in [0.5, 0.6) is 17.2 Å². The van der Waals surface area contributed by atoms with Crippen LogP contribution in [0.3, 0.4) is 0 Å². The first kappa shape index (κ1) is 23.2. The molecule has 4 nitrogen and oxygen atoms in total. The highest BCUT2D eigenvalue weighted by Crippen LogP contribution is 2.38. The van der Waals surface area contributed by atoms with E-state index in [0.29, 0.717) is 5.75 Å². The minimum absolute atomic E-state index is 0.0151. The molecule has 34 heavy (non-hydrogen) atoms. The monoisotopic (exact) mass is 466 g/mol. The van der Waals surface area contributed by atoms with Gasteiger partial charge in [-0.2, -0.15) is 0 Å². The van der Waals surface area contributed by atoms with Crippen molar-refractivity contribution in [3.05, 3.63) is 102 Å². The lowest BCUT2D eigenvalue weighted by Gasteiger charge is -2.28. The fourth-order valence-corrected chi connectivity index (χ4v) is 3.54. The van der Waals surface area contributed by atoms with Crippen LogP contribution in [-0.4, -0.2) is 12.3 Å². The van der Waals surface area contributed by atoms with Crippen LogP contribution in [0.25, 0.3) is 10.8 Å². The summed E-state index contributed by atoms with van der Waals surface area (Å²) in [5, 5.41) is 1.62. The number of ether oxygens (including phenoxy) is 3. The van der Waals surface area contributed by atoms with Crippen molar-refractivity contribution in [2.75, 3.05) is 0 Å². The molecule has 0 fully saturated rings. The molecule has 174 valence electrons. The van der Waals surface area contributed by atoms with Crippen molar-refractivity contribution in [1.82, 2.24) is 0 Å². The third kappa shape index (κ3) is 5.31. The fraction of sp³-hybridized carbons (Fsp3) is 0.148. The minimum atomic E-state index is -4.93. The number of carbonyl (C=O) groups excluding carboxylic acids is 1. The molecule has 0 spiro atoms. The molecular formula is C27H21F3O4. The number of halogens is 3. The summed E-state index contributed by atoms with van der Waals surface area (Å²) in [6.07, 6.45) is -4.93. The smallest absolute Gasteiger partial charge is 0.479 e. The molecule has 0 aliphatic carbocycles. The van der Waals surface area contributed by atoms with E-state index < -0.39 is 23.7 Å². The molecule has 0 amide bonds. The second-order valence-corrected chi connectivity index (χ2v) is 8.05. The molecule has 4 rings (SSSR count). The summed E-state index contributed by atoms with van der Waals surface area (Å²) in [7, 11) is 0. The van der Waals surface area contributed by atoms with Crippen LogP contribution >= 0.6 is 0 Å². The number of alkyl halides is 3. The Labute approximate surface area is 194 Å². The van der Waals surface area contributed by atoms with Gasteiger partial charge in [-0.25, -0.2) is 4.79 Å². The van der Waals surface area contributed by atoms with Crippen molar-refractivity contribution < 1.29 is 32.2 Å². The number of fused-ring (bicyclic) bond motifs is 1. The van der Waals surface area contributed by atoms with Gasteiger partial charge in [0.2, 0.25) is 0 Å². The molecule has 7 heteroatoms. The fourth-order valence-electron chi connectivity index (χ4n) is 3.54. The zero-order chi connectivity index (χ0) is 24.3. The number of hydrogen-bond acceptors (Lipinski definition) is 4. The second-order valence-electron chi connectivity index (χ2n) is 8.05. The van der Waals surface area contributed by atoms with Gasteiger partial charge in [0.25, 0.3) is 0 Å². The van der Waals surface area contributed by atoms with Crippen molar-refractivity contribution in [2.24, 2.45) is 0 Å². The number of carbonyl (C=O) groups is 1. The third-order valence-corrected chi connectivity index (χ3v) is 5.19. The largest absolute Gasteiger partial charge is 0.573 e. The van der Waals surface area contributed by atoms with Gasteiger partial charge < -0.3 is 14.2 Å². The van der Waals surface area contributed by atoms with Crippen LogP contribution < -0.4 is 14.2 Å². The van der Waals surface area contributed by atoms with Crippen LogP contribution in [0, 0.1) is 0 Å². The Balaban J connectivity index is 1.67. The number of esters is 1. The number of benzene rings is 4. The Kier molecular flexibility index (Phi) is 6.20. The predicted molar refractivity (Wildman–Crippen MR) is 122 cm³/mol. The number of rotatable bonds is 6. The van der Waals surface area contributed by atoms with Gasteiger partial charge in [0.15, 0.2) is 11.5 Å². The van der Waals surface area contributed by atoms with Crippen molar-refractivity contribution in [3.63, 3.8) is 0 Å². The first-order valence-electron chi connectivity index (χ1n) is 10.5. The van der Waals surface area contributed by atoms with Gasteiger partial charge >= 0.3 is 12.3 Å². The van der Waals surface area contributed by atoms with E-state index in [1.807, 2.05) is 36.4 Å². The average molecular weight is 466 g/mol. The van der Waals surface area contributed by atoms with Crippen molar-refractivity contribution in [3.8, 4) is 17.2 Å². The summed E-state index contributed by atoms with van der Waals surface area (Å²) < 4.78 is 54.7. The molecule has 0 unspecified atom stereocenters. The van der Waals surface area contributed by atoms with Gasteiger partial charge in [-0.05, 0) is 49.1 Å². The van der Waals surface area contributed by atoms with Crippen LogP contribution in [0.1, 0.15) is 29.8 Å². The minimum Gasteiger partial charge on any atom is -0.479 e. The zero-order valence-corrected chi connectivity index (χ0v) is 18.4. The van der Waals surface area contributed by atoms with Crippen LogP contribution in [-0.2, 0) is 5.60 Å². The van der Waals surface area contributed by atoms with Gasteiger partial charge in [-0.1, -0.05) is 66.7 Å². The SMILES string of the molecule is CC(C)(Oc1cc(C(=O)Oc2cccc3ccccc23)ccc1OC(F)(F)F)c1ccccc1. The first-order chi connectivity index (χ1) is 16.1. The molecule has 0 aromatic heterocycles. The summed E-state index contributed by atoms with van der Waals surface area (Å²) in [5.74, 6) is -1.19. The second kappa shape index (κ2) is 9.09. The maximum atomic E-state index is 13.0. The molecule has 0 saturated heterocycles. The molecule has 0 radical (unpaired) electrons. The van der Waals surface area contributed by atoms with Gasteiger partial charge in [-0.3, -0.25) is 0 Å². The predicted octanol–water partition coefficient (Wildman–Crippen LogP) is 7.27. The molecule has 0 heterocycles. The normalized spacial score (nSPS) is 11.8. The molecule has 0 bridgehead atoms. The highest BCUT2D eigenvalue weighted by atomic mass is 19.4. The summed E-state index contributed by atoms with van der Waals surface area (Å²) in [6, 6.07) is 25.1. The molecule has 0 aliphatic heterocycles. The summed E-state index contributed by atoms with van der Waals surface area (Å²) >= 11 is 0. The van der Waals surface area contributed by atoms with E-state index in [9.17, 15) is 18.0 Å². The highest BCUT2D eigenvalue weighted by molar-refractivity contribution is 5.96. The standard InChI is InChI=1S/C27H21F3O4/c1-26(2,20-11-4-3-5-12-20)33-24-17-19(15-16-23(24)34-27(28,29)30)25(31)32-22-14-8-10-18-9-6-7-13-21(18)22/h3-17H,1-2H3. The average Bonchev–Trinajstić information content (AvgIpc) is 2.80. The molecule has 0 saturated carbocycles. The van der Waals surface area contributed by atoms with Crippen LogP contribution in [0.2, 0.25) is 0 Å². The first-order valence-corrected chi connectivity index (χ1v) is 10.5. The topological polar surface area (TPSA) is 44.8 Å². The van der Waals surface area contributed by atoms with Crippen molar-refractivity contribution in [1.29, 1.82) is 0 Å². The molecule has 4 aromatic carbocycles. The lowest BCUT2D eigenvalue weighted by molar-refractivity contribution is -0.275. The Morgan fingerprint density at radius 3 is 2.12 bits per heavy atom. The van der Waals surface area contributed by atoms with Crippen molar-refractivity contribution >= 4 is 16.7 Å². The molecule has 0 aliphatic rings. The lowest BCUT2D eigenvalue weighted by Crippen LogP contribution is -2.26. The van der Waals surface area contributed by atoms with E-state index >= 15 is 0 Å².